The fraction of sp³-hybridized carbons (Fsp3) is 0.375. The second kappa shape index (κ2) is 12.6. The second-order valence-corrected chi connectivity index (χ2v) is 8.41. The molecule has 2 rings (SSSR count). The predicted octanol–water partition coefficient (Wildman–Crippen LogP) is 2.63. The molecule has 9 heteroatoms. The summed E-state index contributed by atoms with van der Waals surface area (Å²) < 4.78 is 10.1. The first kappa shape index (κ1) is 25.8. The van der Waals surface area contributed by atoms with Gasteiger partial charge in [0.1, 0.15) is 12.1 Å². The third-order valence-electron chi connectivity index (χ3n) is 4.25. The largest absolute Gasteiger partial charge is 0.468 e. The van der Waals surface area contributed by atoms with Crippen LogP contribution in [-0.4, -0.2) is 53.8 Å². The standard InChI is InChI=1S/C24H32N4O5/c1-24(2,3)33-23(31)26-27(15-19-11-7-5-8-12-19)17-21(29)25-28(18-22(30)32-4)16-20-13-9-6-10-14-20/h5-14H,15-18H2,1-4H3,(H,25,29)(H,26,31). The van der Waals surface area contributed by atoms with Crippen molar-refractivity contribution in [1.82, 2.24) is 20.9 Å². The van der Waals surface area contributed by atoms with Gasteiger partial charge in [-0.1, -0.05) is 60.7 Å². The summed E-state index contributed by atoms with van der Waals surface area (Å²) in [7, 11) is 1.29. The number of carbonyl (C=O) groups excluding carboxylic acids is 3. The zero-order valence-corrected chi connectivity index (χ0v) is 19.5. The van der Waals surface area contributed by atoms with Crippen LogP contribution in [0.1, 0.15) is 31.9 Å². The molecule has 0 atom stereocenters. The maximum atomic E-state index is 12.8. The minimum absolute atomic E-state index is 0.130. The first-order chi connectivity index (χ1) is 15.6. The van der Waals surface area contributed by atoms with Crippen molar-refractivity contribution >= 4 is 18.0 Å². The molecule has 2 aromatic carbocycles. The monoisotopic (exact) mass is 456 g/mol. The van der Waals surface area contributed by atoms with E-state index in [9.17, 15) is 14.4 Å². The summed E-state index contributed by atoms with van der Waals surface area (Å²) in [6, 6.07) is 18.8. The van der Waals surface area contributed by atoms with Gasteiger partial charge in [-0.2, -0.15) is 0 Å². The molecule has 0 heterocycles. The van der Waals surface area contributed by atoms with Crippen molar-refractivity contribution in [2.75, 3.05) is 20.2 Å². The maximum Gasteiger partial charge on any atom is 0.422 e. The minimum atomic E-state index is -0.683. The highest BCUT2D eigenvalue weighted by Gasteiger charge is 2.21. The fourth-order valence-electron chi connectivity index (χ4n) is 2.91. The highest BCUT2D eigenvalue weighted by Crippen LogP contribution is 2.08. The number of amides is 2. The van der Waals surface area contributed by atoms with Gasteiger partial charge in [0, 0.05) is 13.1 Å². The van der Waals surface area contributed by atoms with Gasteiger partial charge in [0.15, 0.2) is 0 Å². The summed E-state index contributed by atoms with van der Waals surface area (Å²) in [5.41, 5.74) is 6.49. The molecule has 0 fully saturated rings. The van der Waals surface area contributed by atoms with Crippen molar-refractivity contribution in [2.24, 2.45) is 0 Å². The molecule has 0 saturated heterocycles. The van der Waals surface area contributed by atoms with Crippen molar-refractivity contribution in [1.29, 1.82) is 0 Å². The molecular formula is C24H32N4O5. The fourth-order valence-corrected chi connectivity index (χ4v) is 2.91. The Kier molecular flexibility index (Phi) is 9.84. The number of hydrazine groups is 2. The molecule has 0 aliphatic heterocycles. The summed E-state index contributed by atoms with van der Waals surface area (Å²) in [5, 5.41) is 2.93. The van der Waals surface area contributed by atoms with Gasteiger partial charge in [-0.15, -0.1) is 0 Å². The molecule has 33 heavy (non-hydrogen) atoms. The highest BCUT2D eigenvalue weighted by atomic mass is 16.6. The predicted molar refractivity (Wildman–Crippen MR) is 123 cm³/mol. The number of hydrogen-bond donors (Lipinski definition) is 2. The van der Waals surface area contributed by atoms with Gasteiger partial charge in [0.2, 0.25) is 5.91 Å². The summed E-state index contributed by atoms with van der Waals surface area (Å²) in [4.78, 5) is 37.0. The van der Waals surface area contributed by atoms with Gasteiger partial charge in [0.05, 0.1) is 13.7 Å². The number of ether oxygens (including phenoxy) is 2. The van der Waals surface area contributed by atoms with E-state index in [1.54, 1.807) is 20.8 Å². The Hall–Kier alpha value is -3.43. The van der Waals surface area contributed by atoms with Gasteiger partial charge >= 0.3 is 12.1 Å². The van der Waals surface area contributed by atoms with E-state index in [4.69, 9.17) is 9.47 Å². The molecule has 0 bridgehead atoms. The van der Waals surface area contributed by atoms with Crippen molar-refractivity contribution < 1.29 is 23.9 Å². The molecule has 0 saturated carbocycles. The number of nitrogens with one attached hydrogen (secondary N) is 2. The van der Waals surface area contributed by atoms with E-state index in [-0.39, 0.29) is 19.6 Å². The number of methoxy groups -OCH3 is 1. The van der Waals surface area contributed by atoms with Crippen LogP contribution in [0.4, 0.5) is 4.79 Å². The van der Waals surface area contributed by atoms with Gasteiger partial charge in [-0.25, -0.2) is 14.8 Å². The maximum absolute atomic E-state index is 12.8. The van der Waals surface area contributed by atoms with E-state index in [1.165, 1.54) is 17.1 Å². The molecule has 178 valence electrons. The average Bonchev–Trinajstić information content (AvgIpc) is 2.73. The zero-order chi connectivity index (χ0) is 24.3. The van der Waals surface area contributed by atoms with Crippen molar-refractivity contribution in [3.05, 3.63) is 71.8 Å². The quantitative estimate of drug-likeness (QED) is 0.419. The Labute approximate surface area is 194 Å². The normalized spacial score (nSPS) is 11.2. The van der Waals surface area contributed by atoms with Crippen LogP contribution < -0.4 is 10.9 Å². The topological polar surface area (TPSA) is 100 Å². The molecule has 0 unspecified atom stereocenters. The summed E-state index contributed by atoms with van der Waals surface area (Å²) >= 11 is 0. The zero-order valence-electron chi connectivity index (χ0n) is 19.5. The van der Waals surface area contributed by atoms with Crippen molar-refractivity contribution in [3.8, 4) is 0 Å². The summed E-state index contributed by atoms with van der Waals surface area (Å²) in [5.74, 6) is -0.902. The smallest absolute Gasteiger partial charge is 0.422 e. The molecule has 0 aliphatic rings. The Morgan fingerprint density at radius 3 is 1.73 bits per heavy atom. The lowest BCUT2D eigenvalue weighted by atomic mass is 10.2. The average molecular weight is 457 g/mol. The molecule has 2 amide bonds. The highest BCUT2D eigenvalue weighted by molar-refractivity contribution is 5.79. The number of hydrogen-bond acceptors (Lipinski definition) is 7. The lowest BCUT2D eigenvalue weighted by molar-refractivity contribution is -0.144. The van der Waals surface area contributed by atoms with Crippen LogP contribution in [0.2, 0.25) is 0 Å². The lowest BCUT2D eigenvalue weighted by Crippen LogP contribution is -2.52. The lowest BCUT2D eigenvalue weighted by Gasteiger charge is -2.27. The number of benzene rings is 2. The molecular weight excluding hydrogens is 424 g/mol. The van der Waals surface area contributed by atoms with Crippen LogP contribution in [0.25, 0.3) is 0 Å². The van der Waals surface area contributed by atoms with Gasteiger partial charge in [-0.05, 0) is 31.9 Å². The Morgan fingerprint density at radius 2 is 1.27 bits per heavy atom. The van der Waals surface area contributed by atoms with Crippen LogP contribution in [0.3, 0.4) is 0 Å². The van der Waals surface area contributed by atoms with Crippen molar-refractivity contribution in [3.63, 3.8) is 0 Å². The van der Waals surface area contributed by atoms with Crippen LogP contribution in [0.5, 0.6) is 0 Å². The summed E-state index contributed by atoms with van der Waals surface area (Å²) in [6.07, 6.45) is -0.665. The van der Waals surface area contributed by atoms with Crippen LogP contribution in [0.15, 0.2) is 60.7 Å². The molecule has 0 aromatic heterocycles. The molecule has 0 radical (unpaired) electrons. The SMILES string of the molecule is COC(=O)CN(Cc1ccccc1)NC(=O)CN(Cc1ccccc1)NC(=O)OC(C)(C)C. The second-order valence-electron chi connectivity index (χ2n) is 8.41. The molecule has 9 nitrogen and oxygen atoms in total. The first-order valence-corrected chi connectivity index (χ1v) is 10.6. The van der Waals surface area contributed by atoms with E-state index in [0.29, 0.717) is 6.54 Å². The number of rotatable bonds is 10. The Balaban J connectivity index is 2.08. The van der Waals surface area contributed by atoms with Crippen LogP contribution >= 0.6 is 0 Å². The van der Waals surface area contributed by atoms with E-state index in [2.05, 4.69) is 10.9 Å². The third-order valence-corrected chi connectivity index (χ3v) is 4.25. The number of nitrogens with zero attached hydrogens (tertiary/aromatic N) is 2. The third kappa shape index (κ3) is 10.6. The van der Waals surface area contributed by atoms with Crippen LogP contribution in [-0.2, 0) is 32.2 Å². The van der Waals surface area contributed by atoms with E-state index in [1.807, 2.05) is 60.7 Å². The van der Waals surface area contributed by atoms with Crippen molar-refractivity contribution in [2.45, 2.75) is 39.5 Å². The first-order valence-electron chi connectivity index (χ1n) is 10.6. The van der Waals surface area contributed by atoms with E-state index < -0.39 is 23.6 Å². The Morgan fingerprint density at radius 1 is 0.788 bits per heavy atom. The van der Waals surface area contributed by atoms with Gasteiger partial charge < -0.3 is 9.47 Å². The molecule has 2 aromatic rings. The molecule has 0 spiro atoms. The van der Waals surface area contributed by atoms with Crippen LogP contribution in [0, 0.1) is 0 Å². The van der Waals surface area contributed by atoms with E-state index in [0.717, 1.165) is 11.1 Å². The van der Waals surface area contributed by atoms with Gasteiger partial charge in [0.25, 0.3) is 0 Å². The molecule has 2 N–H and O–H groups in total. The van der Waals surface area contributed by atoms with E-state index >= 15 is 0 Å². The van der Waals surface area contributed by atoms with Gasteiger partial charge in [-0.3, -0.25) is 20.4 Å². The Bertz CT molecular complexity index is 900. The number of carbonyl (C=O) groups is 3. The summed E-state index contributed by atoms with van der Waals surface area (Å²) in [6.45, 7) is 5.57. The minimum Gasteiger partial charge on any atom is -0.468 e. The molecule has 0 aliphatic carbocycles. The number of esters is 1.